The van der Waals surface area contributed by atoms with Gasteiger partial charge in [-0.15, -0.1) is 0 Å². The van der Waals surface area contributed by atoms with Crippen LogP contribution in [0, 0.1) is 13.8 Å². The predicted molar refractivity (Wildman–Crippen MR) is 45.0 cm³/mol. The van der Waals surface area contributed by atoms with Gasteiger partial charge in [0.15, 0.2) is 0 Å². The van der Waals surface area contributed by atoms with Crippen molar-refractivity contribution < 1.29 is 14.3 Å². The lowest BCUT2D eigenvalue weighted by Crippen LogP contribution is -2.04. The molecule has 0 saturated carbocycles. The van der Waals surface area contributed by atoms with E-state index >= 15 is 0 Å². The SMILES string of the molecule is COCC(O)c1cc(C)oc1C. The summed E-state index contributed by atoms with van der Waals surface area (Å²) < 4.78 is 10.1. The number of aliphatic hydroxyl groups is 1. The van der Waals surface area contributed by atoms with Crippen molar-refractivity contribution in [1.29, 1.82) is 0 Å². The summed E-state index contributed by atoms with van der Waals surface area (Å²) in [4.78, 5) is 0. The highest BCUT2D eigenvalue weighted by Crippen LogP contribution is 2.21. The fourth-order valence-electron chi connectivity index (χ4n) is 1.23. The summed E-state index contributed by atoms with van der Waals surface area (Å²) in [5.41, 5.74) is 0.814. The molecule has 1 aromatic rings. The van der Waals surface area contributed by atoms with Gasteiger partial charge >= 0.3 is 0 Å². The molecule has 12 heavy (non-hydrogen) atoms. The van der Waals surface area contributed by atoms with Gasteiger partial charge in [-0.3, -0.25) is 0 Å². The van der Waals surface area contributed by atoms with Gasteiger partial charge in [-0.25, -0.2) is 0 Å². The number of rotatable bonds is 3. The normalized spacial score (nSPS) is 13.3. The summed E-state index contributed by atoms with van der Waals surface area (Å²) in [7, 11) is 1.56. The molecule has 0 aliphatic carbocycles. The average Bonchev–Trinajstić information content (AvgIpc) is 2.30. The van der Waals surface area contributed by atoms with Gasteiger partial charge < -0.3 is 14.3 Å². The lowest BCUT2D eigenvalue weighted by Gasteiger charge is -2.06. The lowest BCUT2D eigenvalue weighted by atomic mass is 10.1. The van der Waals surface area contributed by atoms with E-state index in [2.05, 4.69) is 0 Å². The zero-order valence-corrected chi connectivity index (χ0v) is 7.63. The monoisotopic (exact) mass is 170 g/mol. The Hall–Kier alpha value is -0.800. The van der Waals surface area contributed by atoms with Crippen LogP contribution in [0.5, 0.6) is 0 Å². The Kier molecular flexibility index (Phi) is 2.89. The Morgan fingerprint density at radius 2 is 2.25 bits per heavy atom. The molecule has 1 rings (SSSR count). The Morgan fingerprint density at radius 3 is 2.67 bits per heavy atom. The summed E-state index contributed by atoms with van der Waals surface area (Å²) in [6.07, 6.45) is -0.576. The summed E-state index contributed by atoms with van der Waals surface area (Å²) in [5.74, 6) is 1.58. The van der Waals surface area contributed by atoms with E-state index < -0.39 is 6.10 Å². The van der Waals surface area contributed by atoms with Crippen LogP contribution in [-0.4, -0.2) is 18.8 Å². The predicted octanol–water partition coefficient (Wildman–Crippen LogP) is 1.58. The largest absolute Gasteiger partial charge is 0.466 e. The summed E-state index contributed by atoms with van der Waals surface area (Å²) in [6.45, 7) is 4.00. The van der Waals surface area contributed by atoms with Crippen LogP contribution >= 0.6 is 0 Å². The molecular formula is C9H14O3. The maximum Gasteiger partial charge on any atom is 0.106 e. The molecule has 1 N–H and O–H groups in total. The second-order valence-corrected chi connectivity index (χ2v) is 2.84. The smallest absolute Gasteiger partial charge is 0.106 e. The third kappa shape index (κ3) is 1.87. The molecular weight excluding hydrogens is 156 g/mol. The van der Waals surface area contributed by atoms with E-state index in [-0.39, 0.29) is 0 Å². The maximum atomic E-state index is 9.53. The molecule has 0 spiro atoms. The number of methoxy groups -OCH3 is 1. The first kappa shape index (κ1) is 9.29. The number of aryl methyl sites for hydroxylation is 2. The molecule has 68 valence electrons. The van der Waals surface area contributed by atoms with Crippen LogP contribution in [-0.2, 0) is 4.74 Å². The van der Waals surface area contributed by atoms with Crippen molar-refractivity contribution in [1.82, 2.24) is 0 Å². The molecule has 0 amide bonds. The summed E-state index contributed by atoms with van der Waals surface area (Å²) >= 11 is 0. The Labute approximate surface area is 72.0 Å². The molecule has 0 saturated heterocycles. The van der Waals surface area contributed by atoms with Gasteiger partial charge in [0.2, 0.25) is 0 Å². The van der Waals surface area contributed by atoms with E-state index in [1.807, 2.05) is 19.9 Å². The summed E-state index contributed by atoms with van der Waals surface area (Å²) in [5, 5.41) is 9.53. The molecule has 0 aliphatic rings. The molecule has 1 atom stereocenters. The van der Waals surface area contributed by atoms with Crippen LogP contribution in [0.4, 0.5) is 0 Å². The molecule has 0 radical (unpaired) electrons. The second-order valence-electron chi connectivity index (χ2n) is 2.84. The zero-order chi connectivity index (χ0) is 9.14. The van der Waals surface area contributed by atoms with Crippen molar-refractivity contribution >= 4 is 0 Å². The molecule has 0 fully saturated rings. The molecule has 1 heterocycles. The van der Waals surface area contributed by atoms with Gasteiger partial charge in [0.1, 0.15) is 17.6 Å². The maximum absolute atomic E-state index is 9.53. The first-order valence-corrected chi connectivity index (χ1v) is 3.89. The Bertz CT molecular complexity index is 252. The average molecular weight is 170 g/mol. The van der Waals surface area contributed by atoms with E-state index in [1.165, 1.54) is 0 Å². The molecule has 0 bridgehead atoms. The molecule has 1 unspecified atom stereocenters. The minimum absolute atomic E-state index is 0.305. The van der Waals surface area contributed by atoms with Gasteiger partial charge in [-0.05, 0) is 19.9 Å². The number of ether oxygens (including phenoxy) is 1. The van der Waals surface area contributed by atoms with Crippen LogP contribution in [0.3, 0.4) is 0 Å². The fraction of sp³-hybridized carbons (Fsp3) is 0.556. The van der Waals surface area contributed by atoms with Gasteiger partial charge in [0.25, 0.3) is 0 Å². The molecule has 3 heteroatoms. The number of hydrogen-bond acceptors (Lipinski definition) is 3. The topological polar surface area (TPSA) is 42.6 Å². The van der Waals surface area contributed by atoms with Crippen molar-refractivity contribution in [2.45, 2.75) is 20.0 Å². The second kappa shape index (κ2) is 3.74. The van der Waals surface area contributed by atoms with E-state index in [0.717, 1.165) is 17.1 Å². The van der Waals surface area contributed by atoms with Crippen LogP contribution in [0.15, 0.2) is 10.5 Å². The first-order valence-electron chi connectivity index (χ1n) is 3.89. The van der Waals surface area contributed by atoms with Crippen LogP contribution in [0.2, 0.25) is 0 Å². The lowest BCUT2D eigenvalue weighted by molar-refractivity contribution is 0.0635. The van der Waals surface area contributed by atoms with Crippen molar-refractivity contribution in [3.05, 3.63) is 23.2 Å². The Balaban J connectivity index is 2.79. The number of aliphatic hydroxyl groups excluding tert-OH is 1. The quantitative estimate of drug-likeness (QED) is 0.748. The molecule has 1 aromatic heterocycles. The van der Waals surface area contributed by atoms with Gasteiger partial charge in [-0.1, -0.05) is 0 Å². The Morgan fingerprint density at radius 1 is 1.58 bits per heavy atom. The van der Waals surface area contributed by atoms with Crippen molar-refractivity contribution in [3.63, 3.8) is 0 Å². The van der Waals surface area contributed by atoms with Crippen molar-refractivity contribution in [2.24, 2.45) is 0 Å². The van der Waals surface area contributed by atoms with Crippen molar-refractivity contribution in [3.8, 4) is 0 Å². The third-order valence-corrected chi connectivity index (χ3v) is 1.76. The minimum Gasteiger partial charge on any atom is -0.466 e. The van der Waals surface area contributed by atoms with Gasteiger partial charge in [0, 0.05) is 12.7 Å². The number of hydrogen-bond donors (Lipinski definition) is 1. The zero-order valence-electron chi connectivity index (χ0n) is 7.63. The van der Waals surface area contributed by atoms with E-state index in [1.54, 1.807) is 7.11 Å². The molecule has 0 aromatic carbocycles. The molecule has 0 aliphatic heterocycles. The number of furan rings is 1. The van der Waals surface area contributed by atoms with Crippen molar-refractivity contribution in [2.75, 3.05) is 13.7 Å². The highest BCUT2D eigenvalue weighted by atomic mass is 16.5. The van der Waals surface area contributed by atoms with Gasteiger partial charge in [-0.2, -0.15) is 0 Å². The standard InChI is InChI=1S/C9H14O3/c1-6-4-8(7(2)12-6)9(10)5-11-3/h4,9-10H,5H2,1-3H3. The van der Waals surface area contributed by atoms with Gasteiger partial charge in [0.05, 0.1) is 6.61 Å². The van der Waals surface area contributed by atoms with Crippen LogP contribution in [0.1, 0.15) is 23.2 Å². The molecule has 3 nitrogen and oxygen atoms in total. The van der Waals surface area contributed by atoms with Crippen LogP contribution in [0.25, 0.3) is 0 Å². The van der Waals surface area contributed by atoms with E-state index in [4.69, 9.17) is 9.15 Å². The van der Waals surface area contributed by atoms with E-state index in [9.17, 15) is 5.11 Å². The first-order chi connectivity index (χ1) is 5.65. The highest BCUT2D eigenvalue weighted by Gasteiger charge is 2.13. The minimum atomic E-state index is -0.576. The fourth-order valence-corrected chi connectivity index (χ4v) is 1.23. The summed E-state index contributed by atoms with van der Waals surface area (Å²) in [6, 6.07) is 1.83. The van der Waals surface area contributed by atoms with Crippen LogP contribution < -0.4 is 0 Å². The highest BCUT2D eigenvalue weighted by molar-refractivity contribution is 5.22. The van der Waals surface area contributed by atoms with E-state index in [0.29, 0.717) is 6.61 Å². The third-order valence-electron chi connectivity index (χ3n) is 1.76.